The quantitative estimate of drug-likeness (QED) is 0.122. The van der Waals surface area contributed by atoms with E-state index in [0.717, 1.165) is 42.6 Å². The number of nitrogens with one attached hydrogen (secondary N) is 2. The Hall–Kier alpha value is -4.28. The number of piperidine rings is 1. The molecule has 0 saturated carbocycles. The lowest BCUT2D eigenvalue weighted by Crippen LogP contribution is -2.26. The summed E-state index contributed by atoms with van der Waals surface area (Å²) in [6.07, 6.45) is 4.05. The van der Waals surface area contributed by atoms with E-state index in [-0.39, 0.29) is 5.56 Å². The van der Waals surface area contributed by atoms with Crippen LogP contribution in [-0.4, -0.2) is 33.5 Å². The van der Waals surface area contributed by atoms with Crippen LogP contribution in [0.1, 0.15) is 43.7 Å². The Kier molecular flexibility index (Phi) is 7.85. The van der Waals surface area contributed by atoms with Crippen LogP contribution in [0.3, 0.4) is 0 Å². The van der Waals surface area contributed by atoms with Crippen LogP contribution in [0.25, 0.3) is 22.2 Å². The maximum Gasteiger partial charge on any atom is 0.260 e. The zero-order chi connectivity index (χ0) is 27.4. The molecule has 4 aromatic rings. The Bertz CT molecular complexity index is 1560. The summed E-state index contributed by atoms with van der Waals surface area (Å²) in [5, 5.41) is 7.45. The lowest BCUT2D eigenvalue weighted by Gasteiger charge is -2.23. The van der Waals surface area contributed by atoms with E-state index in [4.69, 9.17) is 16.6 Å². The molecule has 3 heterocycles. The Morgan fingerprint density at radius 1 is 1.15 bits per heavy atom. The summed E-state index contributed by atoms with van der Waals surface area (Å²) in [7, 11) is 0. The van der Waals surface area contributed by atoms with Crippen LogP contribution in [0.4, 0.5) is 17.3 Å². The molecule has 5 rings (SSSR count). The van der Waals surface area contributed by atoms with E-state index < -0.39 is 0 Å². The molecule has 0 spiro atoms. The Balaban J connectivity index is 1.42. The number of aliphatic imine (C=N–C) groups is 1. The second kappa shape index (κ2) is 11.6. The molecule has 0 radical (unpaired) electrons. The highest BCUT2D eigenvalue weighted by molar-refractivity contribution is 5.85. The highest BCUT2D eigenvalue weighted by atomic mass is 16.6. The van der Waals surface area contributed by atoms with Crippen molar-refractivity contribution in [2.24, 2.45) is 10.9 Å². The van der Waals surface area contributed by atoms with Crippen molar-refractivity contribution in [2.75, 3.05) is 24.1 Å². The molecule has 0 atom stereocenters. The number of aromatic nitrogens is 3. The molecule has 6 N–H and O–H groups in total. The second-order valence-corrected chi connectivity index (χ2v) is 9.73. The molecular formula is C29H34N8O2. The third-order valence-corrected chi connectivity index (χ3v) is 7.18. The number of hydrogen-bond acceptors (Lipinski definition) is 9. The monoisotopic (exact) mass is 526 g/mol. The summed E-state index contributed by atoms with van der Waals surface area (Å²) >= 11 is 0. The summed E-state index contributed by atoms with van der Waals surface area (Å²) in [5.74, 6) is 6.54. The molecule has 10 nitrogen and oxygen atoms in total. The number of nitrogens with two attached hydrogens (primary N) is 2. The molecule has 1 fully saturated rings. The average molecular weight is 527 g/mol. The SMILES string of the molecule is CCn1c(=O)c(-c2ccc(C/N=C(/C)ON)cc2N)cc2cnc(Nc3ccc(C4CCNCC4)cc3)nc21. The van der Waals surface area contributed by atoms with Crippen LogP contribution in [0.2, 0.25) is 0 Å². The maximum atomic E-state index is 13.5. The minimum Gasteiger partial charge on any atom is -0.398 e. The maximum absolute atomic E-state index is 13.5. The lowest BCUT2D eigenvalue weighted by atomic mass is 9.90. The number of fused-ring (bicyclic) bond motifs is 1. The van der Waals surface area contributed by atoms with Crippen molar-refractivity contribution in [1.29, 1.82) is 0 Å². The lowest BCUT2D eigenvalue weighted by molar-refractivity contribution is 0.316. The largest absolute Gasteiger partial charge is 0.398 e. The fraction of sp³-hybridized carbons (Fsp3) is 0.310. The van der Waals surface area contributed by atoms with Crippen molar-refractivity contribution < 1.29 is 4.84 Å². The van der Waals surface area contributed by atoms with Gasteiger partial charge in [-0.2, -0.15) is 10.9 Å². The summed E-state index contributed by atoms with van der Waals surface area (Å²) in [6.45, 7) is 6.55. The Morgan fingerprint density at radius 2 is 1.92 bits per heavy atom. The van der Waals surface area contributed by atoms with Crippen LogP contribution in [-0.2, 0) is 17.9 Å². The molecule has 0 unspecified atom stereocenters. The number of pyridine rings is 1. The number of hydrogen-bond donors (Lipinski definition) is 4. The van der Waals surface area contributed by atoms with Crippen molar-refractivity contribution in [3.63, 3.8) is 0 Å². The van der Waals surface area contributed by atoms with E-state index in [1.807, 2.05) is 25.1 Å². The van der Waals surface area contributed by atoms with Gasteiger partial charge in [-0.05, 0) is 74.2 Å². The van der Waals surface area contributed by atoms with Crippen LogP contribution in [0.5, 0.6) is 0 Å². The van der Waals surface area contributed by atoms with E-state index in [9.17, 15) is 4.79 Å². The first kappa shape index (κ1) is 26.3. The zero-order valence-corrected chi connectivity index (χ0v) is 22.3. The molecule has 2 aromatic carbocycles. The third-order valence-electron chi connectivity index (χ3n) is 7.18. The number of benzene rings is 2. The smallest absolute Gasteiger partial charge is 0.260 e. The standard InChI is InChI=1S/C29H34N8O2/c1-3-37-27-22(15-25(28(37)38)24-9-4-19(14-26(24)30)16-33-18(2)39-31)17-34-29(36-27)35-23-7-5-20(6-8-23)21-10-12-32-13-11-21/h4-9,14-15,17,21,32H,3,10-13,16,30-31H2,1-2H3,(H,34,35,36)/b33-18-. The van der Waals surface area contributed by atoms with Gasteiger partial charge in [0.05, 0.1) is 12.1 Å². The van der Waals surface area contributed by atoms with Gasteiger partial charge in [-0.1, -0.05) is 24.3 Å². The zero-order valence-electron chi connectivity index (χ0n) is 22.3. The van der Waals surface area contributed by atoms with Gasteiger partial charge in [-0.25, -0.2) is 9.98 Å². The van der Waals surface area contributed by atoms with Crippen molar-refractivity contribution in [3.05, 3.63) is 76.2 Å². The second-order valence-electron chi connectivity index (χ2n) is 9.73. The molecule has 1 saturated heterocycles. The molecule has 1 aliphatic heterocycles. The van der Waals surface area contributed by atoms with Crippen LogP contribution in [0, 0.1) is 0 Å². The summed E-state index contributed by atoms with van der Waals surface area (Å²) in [4.78, 5) is 31.6. The van der Waals surface area contributed by atoms with Crippen molar-refractivity contribution in [2.45, 2.75) is 45.7 Å². The molecule has 39 heavy (non-hydrogen) atoms. The fourth-order valence-electron chi connectivity index (χ4n) is 5.02. The van der Waals surface area contributed by atoms with Gasteiger partial charge in [0, 0.05) is 42.0 Å². The predicted octanol–water partition coefficient (Wildman–Crippen LogP) is 4.08. The predicted molar refractivity (Wildman–Crippen MR) is 156 cm³/mol. The summed E-state index contributed by atoms with van der Waals surface area (Å²) in [6, 6.07) is 15.8. The number of nitrogen functional groups attached to an aromatic ring is 1. The molecule has 0 bridgehead atoms. The van der Waals surface area contributed by atoms with Crippen molar-refractivity contribution >= 4 is 34.3 Å². The average Bonchev–Trinajstić information content (AvgIpc) is 2.97. The van der Waals surface area contributed by atoms with Gasteiger partial charge >= 0.3 is 0 Å². The van der Waals surface area contributed by atoms with Crippen molar-refractivity contribution in [1.82, 2.24) is 19.9 Å². The molecule has 0 aliphatic carbocycles. The topological polar surface area (TPSA) is 145 Å². The minimum atomic E-state index is -0.161. The van der Waals surface area contributed by atoms with E-state index in [0.29, 0.717) is 53.3 Å². The Labute approximate surface area is 227 Å². The molecule has 1 aliphatic rings. The molecular weight excluding hydrogens is 492 g/mol. The van der Waals surface area contributed by atoms with E-state index in [2.05, 4.69) is 49.7 Å². The Morgan fingerprint density at radius 3 is 2.62 bits per heavy atom. The molecule has 202 valence electrons. The third kappa shape index (κ3) is 5.76. The number of anilines is 3. The van der Waals surface area contributed by atoms with Crippen LogP contribution < -0.4 is 27.8 Å². The summed E-state index contributed by atoms with van der Waals surface area (Å²) in [5.41, 5.74) is 11.5. The first-order valence-electron chi connectivity index (χ1n) is 13.2. The number of aryl methyl sites for hydroxylation is 1. The number of rotatable bonds is 7. The van der Waals surface area contributed by atoms with Gasteiger partial charge in [-0.15, -0.1) is 0 Å². The molecule has 0 amide bonds. The van der Waals surface area contributed by atoms with Gasteiger partial charge in [0.1, 0.15) is 5.65 Å². The first-order valence-corrected chi connectivity index (χ1v) is 13.2. The van der Waals surface area contributed by atoms with Gasteiger partial charge < -0.3 is 21.2 Å². The van der Waals surface area contributed by atoms with Gasteiger partial charge in [-0.3, -0.25) is 9.36 Å². The van der Waals surface area contributed by atoms with Gasteiger partial charge in [0.25, 0.3) is 5.56 Å². The normalized spacial score (nSPS) is 14.5. The van der Waals surface area contributed by atoms with Crippen molar-refractivity contribution in [3.8, 4) is 11.1 Å². The molecule has 2 aromatic heterocycles. The van der Waals surface area contributed by atoms with Crippen LogP contribution in [0.15, 0.2) is 64.5 Å². The minimum absolute atomic E-state index is 0.161. The van der Waals surface area contributed by atoms with Crippen LogP contribution >= 0.6 is 0 Å². The number of nitrogens with zero attached hydrogens (tertiary/aromatic N) is 4. The first-order chi connectivity index (χ1) is 19.0. The van der Waals surface area contributed by atoms with E-state index >= 15 is 0 Å². The summed E-state index contributed by atoms with van der Waals surface area (Å²) < 4.78 is 1.65. The molecule has 10 heteroatoms. The van der Waals surface area contributed by atoms with Gasteiger partial charge in [0.2, 0.25) is 11.8 Å². The fourth-order valence-corrected chi connectivity index (χ4v) is 5.02. The van der Waals surface area contributed by atoms with E-state index in [1.54, 1.807) is 23.8 Å². The van der Waals surface area contributed by atoms with Gasteiger partial charge in [0.15, 0.2) is 0 Å². The highest BCUT2D eigenvalue weighted by Gasteiger charge is 2.16. The van der Waals surface area contributed by atoms with E-state index in [1.165, 1.54) is 5.56 Å². The highest BCUT2D eigenvalue weighted by Crippen LogP contribution is 2.29.